The third-order valence-electron chi connectivity index (χ3n) is 4.33. The fourth-order valence-corrected chi connectivity index (χ4v) is 2.89. The molecule has 0 aliphatic heterocycles. The molecule has 21 heavy (non-hydrogen) atoms. The first-order valence-corrected chi connectivity index (χ1v) is 8.45. The molecule has 0 aromatic rings. The van der Waals surface area contributed by atoms with Gasteiger partial charge in [-0.15, -0.1) is 0 Å². The summed E-state index contributed by atoms with van der Waals surface area (Å²) in [6, 6.07) is -0.581. The second-order valence-electron chi connectivity index (χ2n) is 5.79. The van der Waals surface area contributed by atoms with E-state index in [1.165, 1.54) is 6.42 Å². The van der Waals surface area contributed by atoms with Gasteiger partial charge in [0.1, 0.15) is 18.0 Å². The van der Waals surface area contributed by atoms with Crippen LogP contribution in [0.1, 0.15) is 72.6 Å². The summed E-state index contributed by atoms with van der Waals surface area (Å²) < 4.78 is 0.274. The van der Waals surface area contributed by atoms with Crippen LogP contribution in [0, 0.1) is 0 Å². The average Bonchev–Trinajstić information content (AvgIpc) is 2.47. The van der Waals surface area contributed by atoms with E-state index in [9.17, 15) is 15.0 Å². The normalized spacial score (nSPS) is 14.2. The number of aliphatic carboxylic acids is 1. The van der Waals surface area contributed by atoms with E-state index in [2.05, 4.69) is 6.92 Å². The second-order valence-corrected chi connectivity index (χ2v) is 5.79. The molecule has 0 amide bonds. The number of rotatable bonds is 12. The highest BCUT2D eigenvalue weighted by atomic mass is 16.4. The van der Waals surface area contributed by atoms with Crippen LogP contribution in [0.25, 0.3) is 0 Å². The van der Waals surface area contributed by atoms with Gasteiger partial charge < -0.3 is 15.0 Å². The van der Waals surface area contributed by atoms with E-state index in [0.29, 0.717) is 31.7 Å². The average molecular weight is 299 g/mol. The minimum Gasteiger partial charge on any atom is -0.544 e. The van der Waals surface area contributed by atoms with Crippen LogP contribution in [0.4, 0.5) is 0 Å². The van der Waals surface area contributed by atoms with Gasteiger partial charge in [-0.1, -0.05) is 39.5 Å². The van der Waals surface area contributed by atoms with Crippen LogP contribution in [-0.2, 0) is 4.79 Å². The Morgan fingerprint density at radius 2 is 1.71 bits per heavy atom. The number of allylic oxidation sites excluding steroid dienone is 1. The number of quaternary nitrogens is 1. The molecule has 1 unspecified atom stereocenters. The molecule has 0 saturated heterocycles. The van der Waals surface area contributed by atoms with E-state index in [4.69, 9.17) is 0 Å². The second kappa shape index (κ2) is 10.7. The Balaban J connectivity index is 5.02. The zero-order valence-electron chi connectivity index (χ0n) is 14.2. The number of hydrogen-bond acceptors (Lipinski definition) is 3. The van der Waals surface area contributed by atoms with E-state index in [1.807, 2.05) is 20.8 Å². The molecule has 1 N–H and O–H groups in total. The summed E-state index contributed by atoms with van der Waals surface area (Å²) in [6.45, 7) is 9.36. The predicted molar refractivity (Wildman–Crippen MR) is 84.5 cm³/mol. The van der Waals surface area contributed by atoms with Gasteiger partial charge in [0.05, 0.1) is 19.1 Å². The van der Waals surface area contributed by atoms with Crippen LogP contribution in [-0.4, -0.2) is 34.7 Å². The number of aliphatic hydroxyl groups excluding tert-OH is 1. The number of carbonyl (C=O) groups is 1. The Bertz CT molecular complexity index is 322. The smallest absolute Gasteiger partial charge is 0.145 e. The molecule has 0 aromatic heterocycles. The number of carboxylic acids is 1. The molecule has 4 heteroatoms. The number of carboxylic acid groups (broad SMARTS) is 1. The van der Waals surface area contributed by atoms with Crippen molar-refractivity contribution in [2.45, 2.75) is 78.7 Å². The van der Waals surface area contributed by atoms with Gasteiger partial charge in [0, 0.05) is 12.8 Å². The van der Waals surface area contributed by atoms with Crippen LogP contribution in [0.3, 0.4) is 0 Å². The van der Waals surface area contributed by atoms with Gasteiger partial charge in [0.2, 0.25) is 0 Å². The van der Waals surface area contributed by atoms with Crippen molar-refractivity contribution in [2.24, 2.45) is 0 Å². The monoisotopic (exact) mass is 299 g/mol. The maximum Gasteiger partial charge on any atom is 0.145 e. The summed E-state index contributed by atoms with van der Waals surface area (Å²) in [5.74, 6) is -0.701. The molecule has 4 nitrogen and oxygen atoms in total. The lowest BCUT2D eigenvalue weighted by Crippen LogP contribution is -2.58. The molecule has 0 aliphatic rings. The van der Waals surface area contributed by atoms with Crippen LogP contribution < -0.4 is 5.11 Å². The van der Waals surface area contributed by atoms with E-state index < -0.39 is 12.0 Å². The topological polar surface area (TPSA) is 60.4 Å². The van der Waals surface area contributed by atoms with E-state index in [0.717, 1.165) is 25.7 Å². The Labute approximate surface area is 130 Å². The summed E-state index contributed by atoms with van der Waals surface area (Å²) in [5, 5.41) is 21.7. The summed E-state index contributed by atoms with van der Waals surface area (Å²) in [4.78, 5) is 11.5. The lowest BCUT2D eigenvalue weighted by molar-refractivity contribution is -0.895. The zero-order valence-corrected chi connectivity index (χ0v) is 14.2. The van der Waals surface area contributed by atoms with Gasteiger partial charge in [-0.25, -0.2) is 0 Å². The van der Waals surface area contributed by atoms with E-state index >= 15 is 0 Å². The van der Waals surface area contributed by atoms with Crippen LogP contribution >= 0.6 is 0 Å². The SMILES string of the molecule is CCCCCC/C(O)=C/[N+](CC)(CC)C(CCC)C(=O)[O-]. The van der Waals surface area contributed by atoms with E-state index in [1.54, 1.807) is 6.20 Å². The molecule has 0 bridgehead atoms. The fourth-order valence-electron chi connectivity index (χ4n) is 2.89. The maximum atomic E-state index is 11.5. The summed E-state index contributed by atoms with van der Waals surface area (Å²) in [7, 11) is 0. The molecule has 0 saturated carbocycles. The van der Waals surface area contributed by atoms with Crippen LogP contribution in [0.5, 0.6) is 0 Å². The van der Waals surface area contributed by atoms with Gasteiger partial charge in [-0.3, -0.25) is 4.48 Å². The standard InChI is InChI=1S/C17H33NO3/c1-5-9-10-11-13-15(19)14-18(7-3,8-4)16(12-6-2)17(20)21/h14,16H,5-13H2,1-4H3,(H-,19,20,21)/b15-14-. The maximum absolute atomic E-state index is 11.5. The van der Waals surface area contributed by atoms with Gasteiger partial charge in [-0.2, -0.15) is 0 Å². The van der Waals surface area contributed by atoms with Crippen molar-refractivity contribution in [3.8, 4) is 0 Å². The molecule has 0 aromatic carbocycles. The van der Waals surface area contributed by atoms with Gasteiger partial charge in [-0.05, 0) is 20.3 Å². The zero-order chi connectivity index (χ0) is 16.3. The minimum absolute atomic E-state index is 0.274. The Morgan fingerprint density at radius 1 is 1.10 bits per heavy atom. The highest BCUT2D eigenvalue weighted by Gasteiger charge is 2.33. The highest BCUT2D eigenvalue weighted by molar-refractivity contribution is 5.69. The van der Waals surface area contributed by atoms with Crippen molar-refractivity contribution in [1.29, 1.82) is 0 Å². The minimum atomic E-state index is -1.02. The van der Waals surface area contributed by atoms with Crippen molar-refractivity contribution in [3.05, 3.63) is 12.0 Å². The summed E-state index contributed by atoms with van der Waals surface area (Å²) in [5.41, 5.74) is 0. The Kier molecular flexibility index (Phi) is 10.1. The number of aliphatic hydroxyl groups is 1. The first kappa shape index (κ1) is 20.0. The van der Waals surface area contributed by atoms with Gasteiger partial charge in [0.15, 0.2) is 0 Å². The molecule has 1 atom stereocenters. The highest BCUT2D eigenvalue weighted by Crippen LogP contribution is 2.22. The number of hydrogen-bond donors (Lipinski definition) is 1. The molecule has 0 aliphatic carbocycles. The van der Waals surface area contributed by atoms with Crippen LogP contribution in [0.15, 0.2) is 12.0 Å². The first-order valence-electron chi connectivity index (χ1n) is 8.45. The third kappa shape index (κ3) is 6.51. The third-order valence-corrected chi connectivity index (χ3v) is 4.33. The quantitative estimate of drug-likeness (QED) is 0.342. The number of nitrogens with zero attached hydrogens (tertiary/aromatic N) is 1. The molecule has 124 valence electrons. The van der Waals surface area contributed by atoms with Crippen LogP contribution in [0.2, 0.25) is 0 Å². The molecular weight excluding hydrogens is 266 g/mol. The predicted octanol–water partition coefficient (Wildman–Crippen LogP) is 3.13. The molecule has 0 heterocycles. The summed E-state index contributed by atoms with van der Waals surface area (Å²) in [6.07, 6.45) is 8.14. The number of carbonyl (C=O) groups excluding carboxylic acids is 1. The van der Waals surface area contributed by atoms with Crippen molar-refractivity contribution >= 4 is 5.97 Å². The Hall–Kier alpha value is -1.03. The summed E-state index contributed by atoms with van der Waals surface area (Å²) >= 11 is 0. The first-order chi connectivity index (χ1) is 9.97. The van der Waals surface area contributed by atoms with Crippen molar-refractivity contribution in [1.82, 2.24) is 0 Å². The lowest BCUT2D eigenvalue weighted by Gasteiger charge is -2.41. The van der Waals surface area contributed by atoms with E-state index in [-0.39, 0.29) is 4.48 Å². The molecule has 0 fully saturated rings. The van der Waals surface area contributed by atoms with Gasteiger partial charge >= 0.3 is 0 Å². The van der Waals surface area contributed by atoms with Crippen molar-refractivity contribution < 1.29 is 19.5 Å². The Morgan fingerprint density at radius 3 is 2.14 bits per heavy atom. The fraction of sp³-hybridized carbons (Fsp3) is 0.824. The molecular formula is C17H33NO3. The van der Waals surface area contributed by atoms with Crippen molar-refractivity contribution in [3.63, 3.8) is 0 Å². The van der Waals surface area contributed by atoms with Gasteiger partial charge in [0.25, 0.3) is 0 Å². The number of unbranched alkanes of at least 4 members (excludes halogenated alkanes) is 3. The molecule has 0 spiro atoms. The lowest BCUT2D eigenvalue weighted by atomic mass is 10.1. The molecule has 0 rings (SSSR count). The largest absolute Gasteiger partial charge is 0.544 e. The molecule has 0 radical (unpaired) electrons. The number of likely N-dealkylation sites (N-methyl/N-ethyl adjacent to an activating group) is 1. The van der Waals surface area contributed by atoms with Crippen molar-refractivity contribution in [2.75, 3.05) is 13.1 Å².